The fraction of sp³-hybridized carbons (Fsp3) is 0.385. The molecule has 0 saturated heterocycles. The van der Waals surface area contributed by atoms with Crippen LogP contribution in [-0.2, 0) is 11.2 Å². The third-order valence-corrected chi connectivity index (χ3v) is 2.26. The normalized spacial score (nSPS) is 9.59. The Labute approximate surface area is 100 Å². The summed E-state index contributed by atoms with van der Waals surface area (Å²) in [5.74, 6) is -0.0205. The maximum Gasteiger partial charge on any atom is 0.303 e. The summed E-state index contributed by atoms with van der Waals surface area (Å²) in [6.07, 6.45) is 1.94. The lowest BCUT2D eigenvalue weighted by Gasteiger charge is -2.05. The Morgan fingerprint density at radius 2 is 2.00 bits per heavy atom. The molecule has 1 rings (SSSR count). The van der Waals surface area contributed by atoms with E-state index in [1.807, 2.05) is 24.3 Å². The zero-order chi connectivity index (χ0) is 12.5. The standard InChI is InChI=1S/C13H15NO3/c14-9-8-11-4-6-12(7-5-11)17-10-2-1-3-13(15)16/h4-7H,1-3,8,10H2,(H,15,16). The molecule has 1 N–H and O–H groups in total. The highest BCUT2D eigenvalue weighted by molar-refractivity contribution is 5.66. The number of unbranched alkanes of at least 4 members (excludes halogenated alkanes) is 1. The number of hydrogen-bond donors (Lipinski definition) is 1. The molecule has 0 bridgehead atoms. The van der Waals surface area contributed by atoms with Gasteiger partial charge in [0.05, 0.1) is 19.1 Å². The third kappa shape index (κ3) is 5.57. The second-order valence-electron chi connectivity index (χ2n) is 3.68. The number of ether oxygens (including phenoxy) is 1. The quantitative estimate of drug-likeness (QED) is 0.734. The van der Waals surface area contributed by atoms with Crippen LogP contribution in [0, 0.1) is 11.3 Å². The monoisotopic (exact) mass is 233 g/mol. The van der Waals surface area contributed by atoms with Crippen molar-refractivity contribution >= 4 is 5.97 Å². The molecule has 0 aliphatic rings. The summed E-state index contributed by atoms with van der Waals surface area (Å²) in [7, 11) is 0. The van der Waals surface area contributed by atoms with Crippen LogP contribution in [0.4, 0.5) is 0 Å². The fourth-order valence-corrected chi connectivity index (χ4v) is 1.36. The predicted octanol–water partition coefficient (Wildman–Crippen LogP) is 2.39. The van der Waals surface area contributed by atoms with Crippen molar-refractivity contribution in [3.63, 3.8) is 0 Å². The van der Waals surface area contributed by atoms with Crippen LogP contribution in [0.5, 0.6) is 5.75 Å². The van der Waals surface area contributed by atoms with E-state index >= 15 is 0 Å². The van der Waals surface area contributed by atoms with Gasteiger partial charge in [-0.2, -0.15) is 5.26 Å². The van der Waals surface area contributed by atoms with Crippen LogP contribution in [0.1, 0.15) is 24.8 Å². The van der Waals surface area contributed by atoms with Crippen molar-refractivity contribution in [2.75, 3.05) is 6.61 Å². The maximum absolute atomic E-state index is 10.3. The minimum atomic E-state index is -0.772. The van der Waals surface area contributed by atoms with Gasteiger partial charge in [0.15, 0.2) is 0 Å². The van der Waals surface area contributed by atoms with Gasteiger partial charge in [0.25, 0.3) is 0 Å². The lowest BCUT2D eigenvalue weighted by molar-refractivity contribution is -0.137. The number of carboxylic acids is 1. The van der Waals surface area contributed by atoms with E-state index in [4.69, 9.17) is 15.1 Å². The van der Waals surface area contributed by atoms with E-state index in [0.717, 1.165) is 17.7 Å². The largest absolute Gasteiger partial charge is 0.494 e. The van der Waals surface area contributed by atoms with Crippen molar-refractivity contribution in [2.24, 2.45) is 0 Å². The fourth-order valence-electron chi connectivity index (χ4n) is 1.36. The molecule has 0 radical (unpaired) electrons. The lowest BCUT2D eigenvalue weighted by Crippen LogP contribution is -2.00. The molecule has 0 unspecified atom stereocenters. The summed E-state index contributed by atoms with van der Waals surface area (Å²) in [5.41, 5.74) is 0.964. The summed E-state index contributed by atoms with van der Waals surface area (Å²) in [4.78, 5) is 10.3. The van der Waals surface area contributed by atoms with Crippen LogP contribution in [0.2, 0.25) is 0 Å². The zero-order valence-corrected chi connectivity index (χ0v) is 9.56. The SMILES string of the molecule is N#CCc1ccc(OCCCCC(=O)O)cc1. The molecule has 90 valence electrons. The summed E-state index contributed by atoms with van der Waals surface area (Å²) in [6, 6.07) is 9.44. The highest BCUT2D eigenvalue weighted by Gasteiger charge is 1.98. The van der Waals surface area contributed by atoms with E-state index < -0.39 is 5.97 Å². The molecule has 4 heteroatoms. The molecular formula is C13H15NO3. The third-order valence-electron chi connectivity index (χ3n) is 2.26. The Bertz CT molecular complexity index is 392. The second-order valence-corrected chi connectivity index (χ2v) is 3.68. The van der Waals surface area contributed by atoms with E-state index in [9.17, 15) is 4.79 Å². The molecule has 0 aromatic heterocycles. The number of nitriles is 1. The van der Waals surface area contributed by atoms with Crippen molar-refractivity contribution in [3.8, 4) is 11.8 Å². The van der Waals surface area contributed by atoms with Crippen LogP contribution in [0.3, 0.4) is 0 Å². The van der Waals surface area contributed by atoms with Crippen molar-refractivity contribution in [2.45, 2.75) is 25.7 Å². The molecule has 1 aromatic rings. The first-order valence-corrected chi connectivity index (χ1v) is 5.53. The highest BCUT2D eigenvalue weighted by atomic mass is 16.5. The van der Waals surface area contributed by atoms with Crippen LogP contribution in [0.15, 0.2) is 24.3 Å². The van der Waals surface area contributed by atoms with E-state index in [0.29, 0.717) is 19.4 Å². The van der Waals surface area contributed by atoms with Crippen LogP contribution < -0.4 is 4.74 Å². The minimum absolute atomic E-state index is 0.185. The summed E-state index contributed by atoms with van der Waals surface area (Å²) >= 11 is 0. The Hall–Kier alpha value is -2.02. The molecule has 0 atom stereocenters. The smallest absolute Gasteiger partial charge is 0.303 e. The second kappa shape index (κ2) is 7.29. The van der Waals surface area contributed by atoms with Crippen molar-refractivity contribution in [1.82, 2.24) is 0 Å². The molecule has 17 heavy (non-hydrogen) atoms. The maximum atomic E-state index is 10.3. The van der Waals surface area contributed by atoms with Gasteiger partial charge in [-0.3, -0.25) is 4.79 Å². The minimum Gasteiger partial charge on any atom is -0.494 e. The van der Waals surface area contributed by atoms with E-state index in [-0.39, 0.29) is 6.42 Å². The molecule has 0 amide bonds. The van der Waals surface area contributed by atoms with Gasteiger partial charge in [0.1, 0.15) is 5.75 Å². The van der Waals surface area contributed by atoms with Gasteiger partial charge in [0.2, 0.25) is 0 Å². The number of rotatable bonds is 7. The Kier molecular flexibility index (Phi) is 5.59. The number of benzene rings is 1. The summed E-state index contributed by atoms with van der Waals surface area (Å²) in [5, 5.41) is 16.9. The first-order chi connectivity index (χ1) is 8.22. The molecule has 0 spiro atoms. The number of hydrogen-bond acceptors (Lipinski definition) is 3. The van der Waals surface area contributed by atoms with Gasteiger partial charge >= 0.3 is 5.97 Å². The number of aliphatic carboxylic acids is 1. The average Bonchev–Trinajstić information content (AvgIpc) is 2.31. The Morgan fingerprint density at radius 1 is 1.29 bits per heavy atom. The van der Waals surface area contributed by atoms with Gasteiger partial charge in [-0.1, -0.05) is 12.1 Å². The first kappa shape index (κ1) is 13.0. The summed E-state index contributed by atoms with van der Waals surface area (Å²) in [6.45, 7) is 0.519. The van der Waals surface area contributed by atoms with Crippen LogP contribution >= 0.6 is 0 Å². The molecular weight excluding hydrogens is 218 g/mol. The van der Waals surface area contributed by atoms with E-state index in [1.165, 1.54) is 0 Å². The molecule has 0 aliphatic carbocycles. The molecule has 0 fully saturated rings. The lowest BCUT2D eigenvalue weighted by atomic mass is 10.2. The van der Waals surface area contributed by atoms with Crippen molar-refractivity contribution < 1.29 is 14.6 Å². The van der Waals surface area contributed by atoms with Crippen molar-refractivity contribution in [3.05, 3.63) is 29.8 Å². The first-order valence-electron chi connectivity index (χ1n) is 5.53. The van der Waals surface area contributed by atoms with Gasteiger partial charge in [-0.15, -0.1) is 0 Å². The highest BCUT2D eigenvalue weighted by Crippen LogP contribution is 2.13. The number of carbonyl (C=O) groups is 1. The van der Waals surface area contributed by atoms with E-state index in [1.54, 1.807) is 0 Å². The Balaban J connectivity index is 2.23. The molecule has 1 aromatic carbocycles. The topological polar surface area (TPSA) is 70.3 Å². The van der Waals surface area contributed by atoms with Gasteiger partial charge in [-0.05, 0) is 30.5 Å². The van der Waals surface area contributed by atoms with Crippen LogP contribution in [-0.4, -0.2) is 17.7 Å². The van der Waals surface area contributed by atoms with Crippen molar-refractivity contribution in [1.29, 1.82) is 5.26 Å². The predicted molar refractivity (Wildman–Crippen MR) is 62.7 cm³/mol. The molecule has 0 heterocycles. The zero-order valence-electron chi connectivity index (χ0n) is 9.56. The number of nitrogens with zero attached hydrogens (tertiary/aromatic N) is 1. The van der Waals surface area contributed by atoms with Gasteiger partial charge in [0, 0.05) is 6.42 Å². The van der Waals surface area contributed by atoms with Crippen LogP contribution in [0.25, 0.3) is 0 Å². The van der Waals surface area contributed by atoms with Gasteiger partial charge < -0.3 is 9.84 Å². The molecule has 0 aliphatic heterocycles. The van der Waals surface area contributed by atoms with Gasteiger partial charge in [-0.25, -0.2) is 0 Å². The molecule has 4 nitrogen and oxygen atoms in total. The molecule has 0 saturated carbocycles. The number of carboxylic acid groups (broad SMARTS) is 1. The van der Waals surface area contributed by atoms with E-state index in [2.05, 4.69) is 6.07 Å². The average molecular weight is 233 g/mol. The summed E-state index contributed by atoms with van der Waals surface area (Å²) < 4.78 is 5.45. The Morgan fingerprint density at radius 3 is 2.59 bits per heavy atom.